The van der Waals surface area contributed by atoms with Crippen LogP contribution in [0.1, 0.15) is 13.3 Å². The van der Waals surface area contributed by atoms with Gasteiger partial charge in [0.05, 0.1) is 17.6 Å². The van der Waals surface area contributed by atoms with Crippen LogP contribution in [0.3, 0.4) is 0 Å². The van der Waals surface area contributed by atoms with Crippen LogP contribution in [-0.4, -0.2) is 37.0 Å². The molecule has 0 atom stereocenters. The van der Waals surface area contributed by atoms with Crippen LogP contribution in [0, 0.1) is 0 Å². The van der Waals surface area contributed by atoms with Crippen LogP contribution in [0.4, 0.5) is 5.69 Å². The molecule has 7 heteroatoms. The van der Waals surface area contributed by atoms with Gasteiger partial charge in [-0.2, -0.15) is 5.10 Å². The normalized spacial score (nSPS) is 11.6. The monoisotopic (exact) mass is 246 g/mol. The predicted octanol–water partition coefficient (Wildman–Crippen LogP) is 0.161. The minimum absolute atomic E-state index is 0.0713. The molecule has 0 amide bonds. The van der Waals surface area contributed by atoms with Crippen molar-refractivity contribution in [2.45, 2.75) is 13.3 Å². The summed E-state index contributed by atoms with van der Waals surface area (Å²) in [5.41, 5.74) is 0.498. The molecule has 6 nitrogen and oxygen atoms in total. The number of sulfonamides is 1. The number of aromatic nitrogens is 2. The molecule has 0 aliphatic carbocycles. The lowest BCUT2D eigenvalue weighted by Crippen LogP contribution is -2.27. The van der Waals surface area contributed by atoms with Gasteiger partial charge in [0.25, 0.3) is 0 Å². The first-order valence-electron chi connectivity index (χ1n) is 5.23. The standard InChI is InChI=1S/C9H18N4O2S/c1-3-4-10-5-6-16(14,15)12-9-7-11-13(2)8-9/h7-8,10,12H,3-6H2,1-2H3. The second kappa shape index (κ2) is 5.86. The van der Waals surface area contributed by atoms with E-state index in [2.05, 4.69) is 15.1 Å². The molecule has 2 N–H and O–H groups in total. The van der Waals surface area contributed by atoms with Crippen LogP contribution in [-0.2, 0) is 17.1 Å². The second-order valence-corrected chi connectivity index (χ2v) is 5.42. The zero-order chi connectivity index (χ0) is 12.0. The van der Waals surface area contributed by atoms with Crippen molar-refractivity contribution in [2.24, 2.45) is 7.05 Å². The maximum absolute atomic E-state index is 11.6. The summed E-state index contributed by atoms with van der Waals surface area (Å²) < 4.78 is 27.2. The number of hydrogen-bond acceptors (Lipinski definition) is 4. The topological polar surface area (TPSA) is 76.0 Å². The third kappa shape index (κ3) is 4.63. The van der Waals surface area contributed by atoms with Gasteiger partial charge in [-0.25, -0.2) is 8.42 Å². The summed E-state index contributed by atoms with van der Waals surface area (Å²) in [5, 5.41) is 6.93. The molecule has 1 aromatic rings. The summed E-state index contributed by atoms with van der Waals surface area (Å²) in [5.74, 6) is 0.0713. The molecular weight excluding hydrogens is 228 g/mol. The molecule has 0 aliphatic rings. The van der Waals surface area contributed by atoms with Crippen molar-refractivity contribution in [3.63, 3.8) is 0 Å². The molecular formula is C9H18N4O2S. The van der Waals surface area contributed by atoms with Crippen LogP contribution in [0.25, 0.3) is 0 Å². The minimum atomic E-state index is -3.27. The zero-order valence-corrected chi connectivity index (χ0v) is 10.4. The largest absolute Gasteiger partial charge is 0.316 e. The van der Waals surface area contributed by atoms with Crippen LogP contribution < -0.4 is 10.0 Å². The summed E-state index contributed by atoms with van der Waals surface area (Å²) in [4.78, 5) is 0. The highest BCUT2D eigenvalue weighted by molar-refractivity contribution is 7.92. The number of rotatable bonds is 7. The van der Waals surface area contributed by atoms with Gasteiger partial charge >= 0.3 is 0 Å². The molecule has 1 heterocycles. The summed E-state index contributed by atoms with van der Waals surface area (Å²) in [6.45, 7) is 3.33. The summed E-state index contributed by atoms with van der Waals surface area (Å²) in [6, 6.07) is 0. The van der Waals surface area contributed by atoms with Crippen LogP contribution in [0.2, 0.25) is 0 Å². The third-order valence-corrected chi connectivity index (χ3v) is 3.24. The minimum Gasteiger partial charge on any atom is -0.316 e. The smallest absolute Gasteiger partial charge is 0.234 e. The summed E-state index contributed by atoms with van der Waals surface area (Å²) >= 11 is 0. The molecule has 16 heavy (non-hydrogen) atoms. The molecule has 0 saturated carbocycles. The Balaban J connectivity index is 2.40. The Labute approximate surface area is 96.1 Å². The first-order chi connectivity index (χ1) is 7.53. The highest BCUT2D eigenvalue weighted by Gasteiger charge is 2.10. The van der Waals surface area contributed by atoms with E-state index in [0.29, 0.717) is 12.2 Å². The van der Waals surface area contributed by atoms with Crippen molar-refractivity contribution in [3.8, 4) is 0 Å². The van der Waals surface area contributed by atoms with E-state index >= 15 is 0 Å². The SMILES string of the molecule is CCCNCCS(=O)(=O)Nc1cnn(C)c1. The molecule has 0 aromatic carbocycles. The van der Waals surface area contributed by atoms with Gasteiger partial charge in [0, 0.05) is 19.8 Å². The Bertz CT molecular complexity index is 413. The molecule has 0 aliphatic heterocycles. The maximum atomic E-state index is 11.6. The molecule has 1 rings (SSSR count). The highest BCUT2D eigenvalue weighted by Crippen LogP contribution is 2.06. The van der Waals surface area contributed by atoms with Crippen molar-refractivity contribution in [2.75, 3.05) is 23.6 Å². The Morgan fingerprint density at radius 1 is 1.44 bits per heavy atom. The lowest BCUT2D eigenvalue weighted by atomic mass is 10.5. The molecule has 0 fully saturated rings. The number of anilines is 1. The predicted molar refractivity (Wildman–Crippen MR) is 63.8 cm³/mol. The highest BCUT2D eigenvalue weighted by atomic mass is 32.2. The maximum Gasteiger partial charge on any atom is 0.234 e. The van der Waals surface area contributed by atoms with E-state index in [-0.39, 0.29) is 5.75 Å². The molecule has 0 bridgehead atoms. The lowest BCUT2D eigenvalue weighted by Gasteiger charge is -2.06. The van der Waals surface area contributed by atoms with Crippen LogP contribution >= 0.6 is 0 Å². The zero-order valence-electron chi connectivity index (χ0n) is 9.60. The van der Waals surface area contributed by atoms with E-state index in [1.54, 1.807) is 17.9 Å². The molecule has 0 spiro atoms. The number of nitrogens with zero attached hydrogens (tertiary/aromatic N) is 2. The van der Waals surface area contributed by atoms with Gasteiger partial charge in [-0.05, 0) is 13.0 Å². The average molecular weight is 246 g/mol. The quantitative estimate of drug-likeness (QED) is 0.672. The van der Waals surface area contributed by atoms with Crippen molar-refractivity contribution < 1.29 is 8.42 Å². The van der Waals surface area contributed by atoms with Crippen molar-refractivity contribution in [1.82, 2.24) is 15.1 Å². The van der Waals surface area contributed by atoms with E-state index in [1.165, 1.54) is 6.20 Å². The number of hydrogen-bond donors (Lipinski definition) is 2. The van der Waals surface area contributed by atoms with E-state index < -0.39 is 10.0 Å². The second-order valence-electron chi connectivity index (χ2n) is 3.57. The Morgan fingerprint density at radius 2 is 2.19 bits per heavy atom. The van der Waals surface area contributed by atoms with Gasteiger partial charge in [-0.1, -0.05) is 6.92 Å². The molecule has 0 unspecified atom stereocenters. The van der Waals surface area contributed by atoms with Gasteiger partial charge in [0.2, 0.25) is 10.0 Å². The van der Waals surface area contributed by atoms with E-state index in [0.717, 1.165) is 13.0 Å². The van der Waals surface area contributed by atoms with Crippen LogP contribution in [0.5, 0.6) is 0 Å². The van der Waals surface area contributed by atoms with Gasteiger partial charge in [-0.3, -0.25) is 9.40 Å². The number of nitrogens with one attached hydrogen (secondary N) is 2. The summed E-state index contributed by atoms with van der Waals surface area (Å²) in [7, 11) is -1.53. The van der Waals surface area contributed by atoms with Crippen molar-refractivity contribution >= 4 is 15.7 Å². The molecule has 92 valence electrons. The van der Waals surface area contributed by atoms with Crippen LogP contribution in [0.15, 0.2) is 12.4 Å². The first kappa shape index (κ1) is 13.0. The summed E-state index contributed by atoms with van der Waals surface area (Å²) in [6.07, 6.45) is 4.10. The fourth-order valence-electron chi connectivity index (χ4n) is 1.21. The lowest BCUT2D eigenvalue weighted by molar-refractivity contribution is 0.595. The van der Waals surface area contributed by atoms with Gasteiger partial charge in [-0.15, -0.1) is 0 Å². The van der Waals surface area contributed by atoms with E-state index in [4.69, 9.17) is 0 Å². The van der Waals surface area contributed by atoms with E-state index in [9.17, 15) is 8.42 Å². The Morgan fingerprint density at radius 3 is 2.75 bits per heavy atom. The Kier molecular flexibility index (Phi) is 4.75. The van der Waals surface area contributed by atoms with Gasteiger partial charge in [0.15, 0.2) is 0 Å². The fourth-order valence-corrected chi connectivity index (χ4v) is 2.19. The number of aryl methyl sites for hydroxylation is 1. The Hall–Kier alpha value is -1.08. The molecule has 1 aromatic heterocycles. The van der Waals surface area contributed by atoms with Crippen molar-refractivity contribution in [3.05, 3.63) is 12.4 Å². The van der Waals surface area contributed by atoms with Gasteiger partial charge in [0.1, 0.15) is 0 Å². The van der Waals surface area contributed by atoms with Gasteiger partial charge < -0.3 is 5.32 Å². The third-order valence-electron chi connectivity index (χ3n) is 1.95. The molecule has 0 saturated heterocycles. The fraction of sp³-hybridized carbons (Fsp3) is 0.667. The molecule has 0 radical (unpaired) electrons. The van der Waals surface area contributed by atoms with E-state index in [1.807, 2.05) is 6.92 Å². The average Bonchev–Trinajstić information content (AvgIpc) is 2.58. The van der Waals surface area contributed by atoms with Crippen molar-refractivity contribution in [1.29, 1.82) is 0 Å². The first-order valence-corrected chi connectivity index (χ1v) is 6.88.